The summed E-state index contributed by atoms with van der Waals surface area (Å²) >= 11 is 0. The lowest BCUT2D eigenvalue weighted by atomic mass is 9.65. The Morgan fingerprint density at radius 1 is 1.27 bits per heavy atom. The standard InChI is InChI=1S/C17H21NO4/c1-18-7-6-17(14(18)9-11(19)15-16(17)22-15)10-4-5-12(20-2)13(8-10)21-3/h4-5,8,14-16H,6-7,9H2,1-3H3. The predicted molar refractivity (Wildman–Crippen MR) is 80.5 cm³/mol. The molecule has 0 amide bonds. The molecule has 0 aromatic heterocycles. The fourth-order valence-electron chi connectivity index (χ4n) is 4.43. The second kappa shape index (κ2) is 4.70. The van der Waals surface area contributed by atoms with Crippen LogP contribution in [0.15, 0.2) is 18.2 Å². The molecular formula is C17H21NO4. The van der Waals surface area contributed by atoms with Crippen LogP contribution in [0.1, 0.15) is 18.4 Å². The van der Waals surface area contributed by atoms with Gasteiger partial charge in [0.1, 0.15) is 12.2 Å². The highest BCUT2D eigenvalue weighted by Gasteiger charge is 2.68. The van der Waals surface area contributed by atoms with Crippen LogP contribution < -0.4 is 9.47 Å². The molecule has 5 nitrogen and oxygen atoms in total. The Balaban J connectivity index is 1.81. The maximum atomic E-state index is 12.1. The van der Waals surface area contributed by atoms with Crippen LogP contribution in [0.4, 0.5) is 0 Å². The van der Waals surface area contributed by atoms with E-state index in [1.807, 2.05) is 6.07 Å². The number of nitrogens with zero attached hydrogens (tertiary/aromatic N) is 1. The maximum absolute atomic E-state index is 12.1. The molecule has 118 valence electrons. The van der Waals surface area contributed by atoms with Crippen LogP contribution >= 0.6 is 0 Å². The fraction of sp³-hybridized carbons (Fsp3) is 0.588. The first kappa shape index (κ1) is 14.0. The molecule has 4 rings (SSSR count). The van der Waals surface area contributed by atoms with Crippen molar-refractivity contribution in [3.63, 3.8) is 0 Å². The molecule has 5 heteroatoms. The molecule has 22 heavy (non-hydrogen) atoms. The molecule has 0 radical (unpaired) electrons. The molecule has 4 unspecified atom stereocenters. The minimum Gasteiger partial charge on any atom is -0.493 e. The molecule has 2 aliphatic heterocycles. The van der Waals surface area contributed by atoms with Gasteiger partial charge in [0.15, 0.2) is 17.3 Å². The summed E-state index contributed by atoms with van der Waals surface area (Å²) in [4.78, 5) is 14.4. The lowest BCUT2D eigenvalue weighted by Crippen LogP contribution is -2.51. The van der Waals surface area contributed by atoms with Crippen LogP contribution in [0.3, 0.4) is 0 Å². The number of Topliss-reactive ketones (excluding diaryl/α,β-unsaturated/α-hetero) is 1. The van der Waals surface area contributed by atoms with Gasteiger partial charge < -0.3 is 19.1 Å². The minimum absolute atomic E-state index is 0.0156. The normalized spacial score (nSPS) is 36.7. The van der Waals surface area contributed by atoms with Crippen LogP contribution in [0.25, 0.3) is 0 Å². The van der Waals surface area contributed by atoms with Crippen molar-refractivity contribution in [2.24, 2.45) is 0 Å². The van der Waals surface area contributed by atoms with Crippen molar-refractivity contribution in [3.8, 4) is 11.5 Å². The number of ether oxygens (including phenoxy) is 3. The van der Waals surface area contributed by atoms with E-state index < -0.39 is 0 Å². The van der Waals surface area contributed by atoms with Gasteiger partial charge >= 0.3 is 0 Å². The zero-order valence-corrected chi connectivity index (χ0v) is 13.2. The van der Waals surface area contributed by atoms with E-state index in [0.717, 1.165) is 24.5 Å². The van der Waals surface area contributed by atoms with E-state index in [0.29, 0.717) is 6.42 Å². The smallest absolute Gasteiger partial charge is 0.165 e. The SMILES string of the molecule is COc1ccc(C23CCN(C)C2CC(=O)C2OC23)cc1OC. The van der Waals surface area contributed by atoms with E-state index in [9.17, 15) is 4.79 Å². The Hall–Kier alpha value is -1.59. The van der Waals surface area contributed by atoms with Crippen molar-refractivity contribution < 1.29 is 19.0 Å². The van der Waals surface area contributed by atoms with Crippen LogP contribution in [-0.4, -0.2) is 56.7 Å². The molecule has 1 aliphatic carbocycles. The number of hydrogen-bond acceptors (Lipinski definition) is 5. The first-order chi connectivity index (χ1) is 10.6. The van der Waals surface area contributed by atoms with Gasteiger partial charge in [-0.3, -0.25) is 4.79 Å². The number of methoxy groups -OCH3 is 2. The average molecular weight is 303 g/mol. The number of ketones is 1. The number of fused-ring (bicyclic) bond motifs is 3. The van der Waals surface area contributed by atoms with Crippen LogP contribution in [-0.2, 0) is 14.9 Å². The third kappa shape index (κ3) is 1.69. The van der Waals surface area contributed by atoms with E-state index in [-0.39, 0.29) is 29.4 Å². The Kier molecular flexibility index (Phi) is 3.00. The Bertz CT molecular complexity index is 631. The third-order valence-electron chi connectivity index (χ3n) is 5.64. The lowest BCUT2D eigenvalue weighted by Gasteiger charge is -2.39. The number of epoxide rings is 1. The molecule has 1 aromatic rings. The molecule has 4 atom stereocenters. The predicted octanol–water partition coefficient (Wildman–Crippen LogP) is 1.39. The quantitative estimate of drug-likeness (QED) is 0.790. The topological polar surface area (TPSA) is 51.3 Å². The van der Waals surface area contributed by atoms with E-state index in [1.54, 1.807) is 14.2 Å². The number of rotatable bonds is 3. The van der Waals surface area contributed by atoms with Crippen LogP contribution in [0.2, 0.25) is 0 Å². The Labute approximate surface area is 130 Å². The third-order valence-corrected chi connectivity index (χ3v) is 5.64. The van der Waals surface area contributed by atoms with E-state index >= 15 is 0 Å². The summed E-state index contributed by atoms with van der Waals surface area (Å²) in [5.74, 6) is 1.71. The molecule has 2 saturated heterocycles. The zero-order chi connectivity index (χ0) is 15.5. The van der Waals surface area contributed by atoms with Crippen molar-refractivity contribution in [2.75, 3.05) is 27.8 Å². The summed E-state index contributed by atoms with van der Waals surface area (Å²) < 4.78 is 16.6. The monoisotopic (exact) mass is 303 g/mol. The highest BCUT2D eigenvalue weighted by atomic mass is 16.6. The second-order valence-corrected chi connectivity index (χ2v) is 6.50. The number of hydrogen-bond donors (Lipinski definition) is 0. The number of carbonyl (C=O) groups is 1. The summed E-state index contributed by atoms with van der Waals surface area (Å²) in [6.07, 6.45) is 1.40. The Morgan fingerprint density at radius 3 is 2.77 bits per heavy atom. The number of likely N-dealkylation sites (tertiary alicyclic amines) is 1. The minimum atomic E-state index is -0.198. The molecular weight excluding hydrogens is 282 g/mol. The van der Waals surface area contributed by atoms with Gasteiger partial charge in [0.2, 0.25) is 0 Å². The fourth-order valence-corrected chi connectivity index (χ4v) is 4.43. The second-order valence-electron chi connectivity index (χ2n) is 6.50. The highest BCUT2D eigenvalue weighted by Crippen LogP contribution is 2.56. The van der Waals surface area contributed by atoms with Crippen molar-refractivity contribution in [3.05, 3.63) is 23.8 Å². The summed E-state index contributed by atoms with van der Waals surface area (Å²) in [6.45, 7) is 0.985. The average Bonchev–Trinajstić information content (AvgIpc) is 3.29. The summed E-state index contributed by atoms with van der Waals surface area (Å²) in [6, 6.07) is 6.31. The van der Waals surface area contributed by atoms with E-state index in [2.05, 4.69) is 24.1 Å². The van der Waals surface area contributed by atoms with Gasteiger partial charge in [0, 0.05) is 17.9 Å². The Morgan fingerprint density at radius 2 is 2.05 bits per heavy atom. The molecule has 0 spiro atoms. The van der Waals surface area contributed by atoms with Crippen molar-refractivity contribution in [2.45, 2.75) is 36.5 Å². The molecule has 3 fully saturated rings. The molecule has 3 aliphatic rings. The number of benzene rings is 1. The van der Waals surface area contributed by atoms with Gasteiger partial charge in [0.05, 0.1) is 14.2 Å². The molecule has 1 saturated carbocycles. The first-order valence-corrected chi connectivity index (χ1v) is 7.72. The van der Waals surface area contributed by atoms with Gasteiger partial charge in [-0.2, -0.15) is 0 Å². The maximum Gasteiger partial charge on any atom is 0.165 e. The summed E-state index contributed by atoms with van der Waals surface area (Å²) in [7, 11) is 5.39. The molecule has 0 N–H and O–H groups in total. The van der Waals surface area contributed by atoms with Crippen molar-refractivity contribution in [1.82, 2.24) is 4.90 Å². The molecule has 0 bridgehead atoms. The van der Waals surface area contributed by atoms with Gasteiger partial charge in [-0.05, 0) is 37.7 Å². The van der Waals surface area contributed by atoms with Gasteiger partial charge in [-0.15, -0.1) is 0 Å². The number of carbonyl (C=O) groups excluding carboxylic acids is 1. The van der Waals surface area contributed by atoms with Crippen LogP contribution in [0, 0.1) is 0 Å². The molecule has 2 heterocycles. The van der Waals surface area contributed by atoms with Crippen molar-refractivity contribution in [1.29, 1.82) is 0 Å². The summed E-state index contributed by atoms with van der Waals surface area (Å²) in [5.41, 5.74) is 1.09. The van der Waals surface area contributed by atoms with E-state index in [1.165, 1.54) is 5.56 Å². The van der Waals surface area contributed by atoms with Gasteiger partial charge in [0.25, 0.3) is 0 Å². The highest BCUT2D eigenvalue weighted by molar-refractivity contribution is 5.89. The van der Waals surface area contributed by atoms with Gasteiger partial charge in [-0.25, -0.2) is 0 Å². The largest absolute Gasteiger partial charge is 0.493 e. The van der Waals surface area contributed by atoms with Crippen LogP contribution in [0.5, 0.6) is 11.5 Å². The lowest BCUT2D eigenvalue weighted by molar-refractivity contribution is -0.122. The summed E-state index contributed by atoms with van der Waals surface area (Å²) in [5, 5.41) is 0. The first-order valence-electron chi connectivity index (χ1n) is 7.72. The van der Waals surface area contributed by atoms with E-state index in [4.69, 9.17) is 14.2 Å². The zero-order valence-electron chi connectivity index (χ0n) is 13.2. The molecule has 1 aromatic carbocycles. The van der Waals surface area contributed by atoms with Gasteiger partial charge in [-0.1, -0.05) is 6.07 Å². The van der Waals surface area contributed by atoms with Crippen molar-refractivity contribution >= 4 is 5.78 Å². The number of likely N-dealkylation sites (N-methyl/N-ethyl adjacent to an activating group) is 1.